The molecule has 0 atom stereocenters. The number of carbonyl (C=O) groups is 1. The van der Waals surface area contributed by atoms with Crippen molar-refractivity contribution in [3.05, 3.63) is 24.5 Å². The number of rotatable bonds is 4. The Morgan fingerprint density at radius 2 is 2.15 bits per heavy atom. The number of guanidine groups is 1. The number of halogens is 1. The van der Waals surface area contributed by atoms with E-state index < -0.39 is 0 Å². The Hall–Kier alpha value is -2.18. The SMILES string of the molecule is CCNC(=NCc1nncn1C)N1CCN(c2cnn(C)c2)C(=O)C1.I. The maximum absolute atomic E-state index is 12.5. The zero-order valence-electron chi connectivity index (χ0n) is 15.2. The fourth-order valence-corrected chi connectivity index (χ4v) is 2.70. The van der Waals surface area contributed by atoms with Gasteiger partial charge in [0.2, 0.25) is 5.91 Å². The number of aryl methyl sites for hydroxylation is 2. The number of aromatic nitrogens is 5. The first-order valence-electron chi connectivity index (χ1n) is 8.23. The fourth-order valence-electron chi connectivity index (χ4n) is 2.70. The molecule has 1 aliphatic heterocycles. The lowest BCUT2D eigenvalue weighted by atomic mass is 10.3. The number of hydrogen-bond acceptors (Lipinski definition) is 5. The molecule has 1 N–H and O–H groups in total. The van der Waals surface area contributed by atoms with E-state index in [0.717, 1.165) is 18.1 Å². The molecule has 2 aromatic heterocycles. The third-order valence-electron chi connectivity index (χ3n) is 4.03. The first kappa shape index (κ1) is 20.1. The number of nitrogens with zero attached hydrogens (tertiary/aromatic N) is 8. The lowest BCUT2D eigenvalue weighted by Gasteiger charge is -2.35. The van der Waals surface area contributed by atoms with E-state index in [1.54, 1.807) is 22.1 Å². The van der Waals surface area contributed by atoms with E-state index in [0.29, 0.717) is 25.6 Å². The summed E-state index contributed by atoms with van der Waals surface area (Å²) >= 11 is 0. The van der Waals surface area contributed by atoms with Crippen LogP contribution in [0.25, 0.3) is 0 Å². The Balaban J connectivity index is 0.00000243. The number of aliphatic imine (C=N–C) groups is 1. The minimum atomic E-state index is 0. The fraction of sp³-hybridized carbons (Fsp3) is 0.533. The highest BCUT2D eigenvalue weighted by Crippen LogP contribution is 2.16. The molecule has 26 heavy (non-hydrogen) atoms. The molecule has 3 rings (SSSR count). The van der Waals surface area contributed by atoms with Gasteiger partial charge in [-0.1, -0.05) is 0 Å². The van der Waals surface area contributed by atoms with Gasteiger partial charge in [0.1, 0.15) is 19.4 Å². The van der Waals surface area contributed by atoms with Gasteiger partial charge in [-0.2, -0.15) is 5.10 Å². The summed E-state index contributed by atoms with van der Waals surface area (Å²) in [6.07, 6.45) is 5.20. The highest BCUT2D eigenvalue weighted by Gasteiger charge is 2.27. The molecule has 0 unspecified atom stereocenters. The van der Waals surface area contributed by atoms with Crippen molar-refractivity contribution in [3.8, 4) is 0 Å². The maximum Gasteiger partial charge on any atom is 0.246 e. The molecular formula is C15H24IN9O. The topological polar surface area (TPSA) is 96.5 Å². The molecule has 0 radical (unpaired) electrons. The first-order chi connectivity index (χ1) is 12.1. The summed E-state index contributed by atoms with van der Waals surface area (Å²) in [5, 5.41) is 15.3. The average molecular weight is 473 g/mol. The van der Waals surface area contributed by atoms with Gasteiger partial charge >= 0.3 is 0 Å². The molecular weight excluding hydrogens is 449 g/mol. The molecule has 1 aliphatic rings. The monoisotopic (exact) mass is 473 g/mol. The quantitative estimate of drug-likeness (QED) is 0.381. The van der Waals surface area contributed by atoms with E-state index in [-0.39, 0.29) is 36.4 Å². The van der Waals surface area contributed by atoms with Crippen LogP contribution in [-0.2, 0) is 25.4 Å². The third kappa shape index (κ3) is 4.51. The molecule has 0 bridgehead atoms. The van der Waals surface area contributed by atoms with Crippen LogP contribution in [0.15, 0.2) is 23.7 Å². The van der Waals surface area contributed by atoms with Crippen LogP contribution in [0, 0.1) is 0 Å². The van der Waals surface area contributed by atoms with Gasteiger partial charge in [0.05, 0.1) is 11.9 Å². The summed E-state index contributed by atoms with van der Waals surface area (Å²) < 4.78 is 3.53. The number of amides is 1. The minimum Gasteiger partial charge on any atom is -0.356 e. The van der Waals surface area contributed by atoms with Crippen molar-refractivity contribution < 1.29 is 4.79 Å². The van der Waals surface area contributed by atoms with E-state index in [1.807, 2.05) is 36.7 Å². The molecule has 142 valence electrons. The Bertz CT molecular complexity index is 769. The van der Waals surface area contributed by atoms with Crippen LogP contribution in [0.4, 0.5) is 5.69 Å². The summed E-state index contributed by atoms with van der Waals surface area (Å²) in [5.41, 5.74) is 0.827. The van der Waals surface area contributed by atoms with Crippen LogP contribution >= 0.6 is 24.0 Å². The van der Waals surface area contributed by atoms with E-state index in [1.165, 1.54) is 0 Å². The van der Waals surface area contributed by atoms with E-state index >= 15 is 0 Å². The molecule has 0 aliphatic carbocycles. The second kappa shape index (κ2) is 8.96. The Morgan fingerprint density at radius 3 is 2.73 bits per heavy atom. The lowest BCUT2D eigenvalue weighted by molar-refractivity contribution is -0.120. The molecule has 10 nitrogen and oxygen atoms in total. The molecule has 1 saturated heterocycles. The van der Waals surface area contributed by atoms with Gasteiger partial charge in [-0.3, -0.25) is 9.48 Å². The number of nitrogens with one attached hydrogen (secondary N) is 1. The molecule has 0 spiro atoms. The van der Waals surface area contributed by atoms with Crippen LogP contribution in [-0.4, -0.2) is 67.5 Å². The average Bonchev–Trinajstić information content (AvgIpc) is 3.20. The highest BCUT2D eigenvalue weighted by atomic mass is 127. The van der Waals surface area contributed by atoms with Crippen LogP contribution < -0.4 is 10.2 Å². The van der Waals surface area contributed by atoms with Gasteiger partial charge in [0, 0.05) is 39.9 Å². The van der Waals surface area contributed by atoms with Crippen molar-refractivity contribution in [2.75, 3.05) is 31.1 Å². The van der Waals surface area contributed by atoms with E-state index in [2.05, 4.69) is 25.6 Å². The summed E-state index contributed by atoms with van der Waals surface area (Å²) in [5.74, 6) is 1.52. The van der Waals surface area contributed by atoms with Gasteiger partial charge in [-0.15, -0.1) is 34.2 Å². The third-order valence-corrected chi connectivity index (χ3v) is 4.03. The van der Waals surface area contributed by atoms with Crippen molar-refractivity contribution in [3.63, 3.8) is 0 Å². The Kier molecular flexibility index (Phi) is 6.94. The van der Waals surface area contributed by atoms with Crippen molar-refractivity contribution in [2.24, 2.45) is 19.1 Å². The van der Waals surface area contributed by atoms with Gasteiger partial charge in [0.25, 0.3) is 0 Å². The Labute approximate surface area is 169 Å². The number of piperazine rings is 1. The van der Waals surface area contributed by atoms with Crippen LogP contribution in [0.1, 0.15) is 12.7 Å². The molecule has 1 amide bonds. The van der Waals surface area contributed by atoms with E-state index in [4.69, 9.17) is 0 Å². The van der Waals surface area contributed by atoms with Gasteiger partial charge in [-0.05, 0) is 6.92 Å². The standard InChI is InChI=1S/C15H23N9O.HI/c1-4-16-15(17-8-13-20-18-11-21(13)2)23-5-6-24(14(25)10-23)12-7-19-22(3)9-12;/h7,9,11H,4-6,8,10H2,1-3H3,(H,16,17);1H. The van der Waals surface area contributed by atoms with Crippen molar-refractivity contribution in [2.45, 2.75) is 13.5 Å². The van der Waals surface area contributed by atoms with Crippen LogP contribution in [0.5, 0.6) is 0 Å². The summed E-state index contributed by atoms with van der Waals surface area (Å²) in [6, 6.07) is 0. The first-order valence-corrected chi connectivity index (χ1v) is 8.23. The second-order valence-corrected chi connectivity index (χ2v) is 5.87. The molecule has 11 heteroatoms. The van der Waals surface area contributed by atoms with Crippen molar-refractivity contribution >= 4 is 41.5 Å². The molecule has 3 heterocycles. The zero-order chi connectivity index (χ0) is 17.8. The predicted molar refractivity (Wildman–Crippen MR) is 108 cm³/mol. The minimum absolute atomic E-state index is 0. The van der Waals surface area contributed by atoms with Crippen molar-refractivity contribution in [1.82, 2.24) is 34.8 Å². The highest BCUT2D eigenvalue weighted by molar-refractivity contribution is 14.0. The number of anilines is 1. The molecule has 0 aromatic carbocycles. The second-order valence-electron chi connectivity index (χ2n) is 5.87. The van der Waals surface area contributed by atoms with E-state index in [9.17, 15) is 4.79 Å². The Morgan fingerprint density at radius 1 is 1.35 bits per heavy atom. The smallest absolute Gasteiger partial charge is 0.246 e. The van der Waals surface area contributed by atoms with Gasteiger partial charge < -0.3 is 19.7 Å². The summed E-state index contributed by atoms with van der Waals surface area (Å²) in [4.78, 5) is 20.9. The molecule has 2 aromatic rings. The predicted octanol–water partition coefficient (Wildman–Crippen LogP) is -0.0191. The number of hydrogen-bond donors (Lipinski definition) is 1. The number of carbonyl (C=O) groups excluding carboxylic acids is 1. The summed E-state index contributed by atoms with van der Waals surface area (Å²) in [7, 11) is 3.72. The normalized spacial score (nSPS) is 15.2. The summed E-state index contributed by atoms with van der Waals surface area (Å²) in [6.45, 7) is 4.72. The van der Waals surface area contributed by atoms with Crippen molar-refractivity contribution in [1.29, 1.82) is 0 Å². The zero-order valence-corrected chi connectivity index (χ0v) is 17.5. The molecule has 0 saturated carbocycles. The van der Waals surface area contributed by atoms with Crippen LogP contribution in [0.3, 0.4) is 0 Å². The lowest BCUT2D eigenvalue weighted by Crippen LogP contribution is -2.55. The largest absolute Gasteiger partial charge is 0.356 e. The van der Waals surface area contributed by atoms with Gasteiger partial charge in [0.15, 0.2) is 11.8 Å². The van der Waals surface area contributed by atoms with Crippen LogP contribution in [0.2, 0.25) is 0 Å². The maximum atomic E-state index is 12.5. The molecule has 1 fully saturated rings. The van der Waals surface area contributed by atoms with Gasteiger partial charge in [-0.25, -0.2) is 4.99 Å².